The zero-order chi connectivity index (χ0) is 19.7. The summed E-state index contributed by atoms with van der Waals surface area (Å²) in [7, 11) is 1.68. The smallest absolute Gasteiger partial charge is 0.307 e. The fourth-order valence-corrected chi connectivity index (χ4v) is 3.72. The Kier molecular flexibility index (Phi) is 4.79. The summed E-state index contributed by atoms with van der Waals surface area (Å²) in [6.45, 7) is 0.191. The summed E-state index contributed by atoms with van der Waals surface area (Å²) in [5, 5.41) is 9.68. The molecule has 0 radical (unpaired) electrons. The second-order valence-corrected chi connectivity index (χ2v) is 7.47. The van der Waals surface area contributed by atoms with E-state index in [2.05, 4.69) is 4.98 Å². The van der Waals surface area contributed by atoms with Crippen molar-refractivity contribution in [1.29, 1.82) is 0 Å². The molecule has 0 saturated carbocycles. The van der Waals surface area contributed by atoms with E-state index in [0.717, 1.165) is 16.9 Å². The molecule has 144 valence electrons. The van der Waals surface area contributed by atoms with Gasteiger partial charge in [-0.2, -0.15) is 0 Å². The van der Waals surface area contributed by atoms with Crippen molar-refractivity contribution in [3.05, 3.63) is 74.2 Å². The first-order valence-electron chi connectivity index (χ1n) is 8.67. The molecule has 8 heteroatoms. The van der Waals surface area contributed by atoms with Crippen molar-refractivity contribution in [3.63, 3.8) is 0 Å². The van der Waals surface area contributed by atoms with Gasteiger partial charge in [-0.25, -0.2) is 0 Å². The number of amides is 1. The van der Waals surface area contributed by atoms with Gasteiger partial charge in [-0.3, -0.25) is 14.6 Å². The Labute approximate surface area is 164 Å². The van der Waals surface area contributed by atoms with Gasteiger partial charge in [-0.05, 0) is 29.8 Å². The number of aromatic nitrogens is 1. The van der Waals surface area contributed by atoms with Crippen LogP contribution in [0.25, 0.3) is 0 Å². The normalized spacial score (nSPS) is 15.8. The van der Waals surface area contributed by atoms with Crippen LogP contribution in [0, 0.1) is 0 Å². The van der Waals surface area contributed by atoms with E-state index in [-0.39, 0.29) is 23.3 Å². The lowest BCUT2D eigenvalue weighted by Crippen LogP contribution is -2.48. The molecule has 0 saturated heterocycles. The Morgan fingerprint density at radius 2 is 1.93 bits per heavy atom. The number of aromatic hydroxyl groups is 1. The molecule has 0 bridgehead atoms. The number of likely N-dealkylation sites (N-methyl/N-ethyl adjacent to an activating group) is 1. The van der Waals surface area contributed by atoms with Gasteiger partial charge < -0.3 is 19.5 Å². The minimum absolute atomic E-state index is 0.0854. The minimum Gasteiger partial charge on any atom is -0.494 e. The third-order valence-electron chi connectivity index (χ3n) is 4.51. The Bertz CT molecular complexity index is 1060. The van der Waals surface area contributed by atoms with Crippen LogP contribution in [-0.4, -0.2) is 40.8 Å². The number of rotatable bonds is 5. The number of fused-ring (bicyclic) bond motifs is 1. The number of aromatic amines is 1. The van der Waals surface area contributed by atoms with Gasteiger partial charge in [0.15, 0.2) is 0 Å². The third kappa shape index (κ3) is 3.59. The summed E-state index contributed by atoms with van der Waals surface area (Å²) >= 11 is 0.991. The van der Waals surface area contributed by atoms with Crippen LogP contribution >= 0.6 is 11.3 Å². The zero-order valence-electron chi connectivity index (χ0n) is 15.0. The Morgan fingerprint density at radius 1 is 1.18 bits per heavy atom. The summed E-state index contributed by atoms with van der Waals surface area (Å²) < 4.78 is 11.7. The number of hydrogen-bond acceptors (Lipinski definition) is 6. The lowest BCUT2D eigenvalue weighted by molar-refractivity contribution is -0.000894. The van der Waals surface area contributed by atoms with Crippen LogP contribution in [0.4, 0.5) is 0 Å². The Balaban J connectivity index is 1.39. The molecule has 1 atom stereocenters. The number of benzene rings is 2. The number of para-hydroxylation sites is 1. The highest BCUT2D eigenvalue weighted by Crippen LogP contribution is 2.27. The van der Waals surface area contributed by atoms with E-state index >= 15 is 0 Å². The maximum Gasteiger partial charge on any atom is 0.307 e. The van der Waals surface area contributed by atoms with Crippen molar-refractivity contribution in [1.82, 2.24) is 9.88 Å². The van der Waals surface area contributed by atoms with Gasteiger partial charge >= 0.3 is 4.87 Å². The van der Waals surface area contributed by atoms with Crippen molar-refractivity contribution in [2.24, 2.45) is 0 Å². The summed E-state index contributed by atoms with van der Waals surface area (Å²) in [6, 6.07) is 14.5. The highest BCUT2D eigenvalue weighted by atomic mass is 32.1. The monoisotopic (exact) mass is 398 g/mol. The van der Waals surface area contributed by atoms with E-state index < -0.39 is 6.23 Å². The van der Waals surface area contributed by atoms with Gasteiger partial charge in [0.2, 0.25) is 12.1 Å². The largest absolute Gasteiger partial charge is 0.494 e. The van der Waals surface area contributed by atoms with E-state index in [4.69, 9.17) is 9.47 Å². The first-order valence-corrected chi connectivity index (χ1v) is 9.48. The highest BCUT2D eigenvalue weighted by molar-refractivity contribution is 7.09. The van der Waals surface area contributed by atoms with Crippen molar-refractivity contribution in [2.45, 2.75) is 12.6 Å². The van der Waals surface area contributed by atoms with Crippen LogP contribution in [0.15, 0.2) is 53.3 Å². The number of nitrogens with one attached hydrogen (secondary N) is 1. The standard InChI is InChI=1S/C20H18N2O5S/c1-22-17(27-15-5-3-2-4-14(15)19(22)24)11-26-13-8-6-12(7-9-13)10-16-18(23)21-20(25)28-16/h2-9,17,23H,10-11H2,1H3,(H,21,25). The maximum absolute atomic E-state index is 12.4. The predicted molar refractivity (Wildman–Crippen MR) is 104 cm³/mol. The quantitative estimate of drug-likeness (QED) is 0.689. The Hall–Kier alpha value is -3.26. The SMILES string of the molecule is CN1C(=O)c2ccccc2OC1COc1ccc(Cc2sc(=O)[nH]c2O)cc1. The van der Waals surface area contributed by atoms with Gasteiger partial charge in [0.05, 0.1) is 10.4 Å². The molecule has 2 heterocycles. The fraction of sp³-hybridized carbons (Fsp3) is 0.200. The van der Waals surface area contributed by atoms with E-state index in [1.54, 1.807) is 37.4 Å². The Morgan fingerprint density at radius 3 is 2.64 bits per heavy atom. The van der Waals surface area contributed by atoms with Gasteiger partial charge in [-0.15, -0.1) is 0 Å². The molecular weight excluding hydrogens is 380 g/mol. The molecule has 4 rings (SSSR count). The molecule has 1 aliphatic heterocycles. The number of hydrogen-bond donors (Lipinski definition) is 2. The highest BCUT2D eigenvalue weighted by Gasteiger charge is 2.31. The van der Waals surface area contributed by atoms with Crippen LogP contribution in [0.5, 0.6) is 17.4 Å². The van der Waals surface area contributed by atoms with E-state index in [1.807, 2.05) is 18.2 Å². The summed E-state index contributed by atoms with van der Waals surface area (Å²) in [4.78, 5) is 27.9. The number of carbonyl (C=O) groups is 1. The molecule has 2 N–H and O–H groups in total. The van der Waals surface area contributed by atoms with Crippen LogP contribution in [0.3, 0.4) is 0 Å². The number of carbonyl (C=O) groups excluding carboxylic acids is 1. The third-order valence-corrected chi connectivity index (χ3v) is 5.39. The summed E-state index contributed by atoms with van der Waals surface area (Å²) in [5.74, 6) is 1.01. The molecule has 2 aromatic carbocycles. The average Bonchev–Trinajstić information content (AvgIpc) is 3.01. The molecule has 28 heavy (non-hydrogen) atoms. The summed E-state index contributed by atoms with van der Waals surface area (Å²) in [6.07, 6.45) is -0.0638. The van der Waals surface area contributed by atoms with Crippen molar-refractivity contribution in [3.8, 4) is 17.4 Å². The molecule has 1 amide bonds. The average molecular weight is 398 g/mol. The van der Waals surface area contributed by atoms with Crippen LogP contribution in [0.1, 0.15) is 20.8 Å². The van der Waals surface area contributed by atoms with Crippen LogP contribution in [0.2, 0.25) is 0 Å². The van der Waals surface area contributed by atoms with Crippen LogP contribution in [-0.2, 0) is 6.42 Å². The van der Waals surface area contributed by atoms with Gasteiger partial charge in [-0.1, -0.05) is 35.6 Å². The van der Waals surface area contributed by atoms with E-state index in [9.17, 15) is 14.7 Å². The summed E-state index contributed by atoms with van der Waals surface area (Å²) in [5.41, 5.74) is 1.48. The number of nitrogens with zero attached hydrogens (tertiary/aromatic N) is 1. The predicted octanol–water partition coefficient (Wildman–Crippen LogP) is 2.60. The van der Waals surface area contributed by atoms with Gasteiger partial charge in [0.25, 0.3) is 5.91 Å². The van der Waals surface area contributed by atoms with E-state index in [1.165, 1.54) is 4.90 Å². The lowest BCUT2D eigenvalue weighted by Gasteiger charge is -2.33. The number of thiazole rings is 1. The number of H-pyrrole nitrogens is 1. The number of ether oxygens (including phenoxy) is 2. The van der Waals surface area contributed by atoms with E-state index in [0.29, 0.717) is 28.4 Å². The first-order chi connectivity index (χ1) is 13.5. The molecule has 1 aliphatic rings. The maximum atomic E-state index is 12.4. The van der Waals surface area contributed by atoms with Crippen molar-refractivity contribution < 1.29 is 19.4 Å². The van der Waals surface area contributed by atoms with Gasteiger partial charge in [0.1, 0.15) is 18.1 Å². The zero-order valence-corrected chi connectivity index (χ0v) is 15.9. The van der Waals surface area contributed by atoms with Crippen LogP contribution < -0.4 is 14.3 Å². The molecule has 0 fully saturated rings. The molecule has 3 aromatic rings. The molecule has 1 unspecified atom stereocenters. The molecule has 0 spiro atoms. The second-order valence-electron chi connectivity index (χ2n) is 6.40. The van der Waals surface area contributed by atoms with Crippen molar-refractivity contribution in [2.75, 3.05) is 13.7 Å². The molecule has 1 aromatic heterocycles. The molecule has 7 nitrogen and oxygen atoms in total. The molecular formula is C20H18N2O5S. The first kappa shape index (κ1) is 18.1. The topological polar surface area (TPSA) is 91.9 Å². The lowest BCUT2D eigenvalue weighted by atomic mass is 10.1. The fourth-order valence-electron chi connectivity index (χ4n) is 2.97. The molecule has 0 aliphatic carbocycles. The minimum atomic E-state index is -0.517. The van der Waals surface area contributed by atoms with Crippen molar-refractivity contribution >= 4 is 17.2 Å². The van der Waals surface area contributed by atoms with Gasteiger partial charge in [0, 0.05) is 13.5 Å². The second kappa shape index (κ2) is 7.40.